The minimum atomic E-state index is -1.30. The van der Waals surface area contributed by atoms with Gasteiger partial charge in [-0.2, -0.15) is 0 Å². The van der Waals surface area contributed by atoms with Crippen molar-refractivity contribution in [1.82, 2.24) is 4.57 Å². The number of ketones is 1. The second-order valence-corrected chi connectivity index (χ2v) is 6.20. The van der Waals surface area contributed by atoms with Crippen molar-refractivity contribution in [2.45, 2.75) is 24.0 Å². The summed E-state index contributed by atoms with van der Waals surface area (Å²) >= 11 is 1.46. The van der Waals surface area contributed by atoms with Gasteiger partial charge in [0.1, 0.15) is 17.5 Å². The topological polar surface area (TPSA) is 77.8 Å². The van der Waals surface area contributed by atoms with E-state index in [0.29, 0.717) is 30.0 Å². The van der Waals surface area contributed by atoms with E-state index in [9.17, 15) is 9.59 Å². The number of ether oxygens (including phenoxy) is 2. The average molecular weight is 347 g/mol. The molecule has 1 unspecified atom stereocenters. The molecule has 0 fully saturated rings. The van der Waals surface area contributed by atoms with Crippen molar-refractivity contribution in [3.63, 3.8) is 0 Å². The standard InChI is InChI=1S/C17H17NO5S/c1-22-11-5-3-10(4-6-11)16(19)15-14(24-2)9-12-13(23-17(20)21)7-8-18(12)15/h3-6,9,13H,7-8H2,1-2H3,(H,20,21). The average Bonchev–Trinajstić information content (AvgIpc) is 3.13. The summed E-state index contributed by atoms with van der Waals surface area (Å²) in [6, 6.07) is 8.80. The van der Waals surface area contributed by atoms with Crippen LogP contribution in [-0.4, -0.2) is 35.0 Å². The second kappa shape index (κ2) is 6.60. The van der Waals surface area contributed by atoms with E-state index in [1.165, 1.54) is 11.8 Å². The smallest absolute Gasteiger partial charge is 0.497 e. The van der Waals surface area contributed by atoms with Gasteiger partial charge in [0.25, 0.3) is 0 Å². The van der Waals surface area contributed by atoms with Gasteiger partial charge < -0.3 is 19.1 Å². The molecule has 7 heteroatoms. The van der Waals surface area contributed by atoms with Gasteiger partial charge in [-0.25, -0.2) is 4.79 Å². The summed E-state index contributed by atoms with van der Waals surface area (Å²) in [6.07, 6.45) is 0.608. The fourth-order valence-electron chi connectivity index (χ4n) is 2.95. The maximum atomic E-state index is 12.9. The van der Waals surface area contributed by atoms with Crippen LogP contribution in [0.5, 0.6) is 5.75 Å². The lowest BCUT2D eigenvalue weighted by molar-refractivity contribution is 0.0518. The van der Waals surface area contributed by atoms with Crippen LogP contribution >= 0.6 is 11.8 Å². The van der Waals surface area contributed by atoms with Gasteiger partial charge in [0.2, 0.25) is 5.78 Å². The zero-order chi connectivity index (χ0) is 17.3. The van der Waals surface area contributed by atoms with E-state index in [1.807, 2.05) is 16.9 Å². The zero-order valence-electron chi connectivity index (χ0n) is 13.3. The number of thioether (sulfide) groups is 1. The number of benzene rings is 1. The quantitative estimate of drug-likeness (QED) is 0.506. The summed E-state index contributed by atoms with van der Waals surface area (Å²) in [6.45, 7) is 0.561. The van der Waals surface area contributed by atoms with Crippen molar-refractivity contribution in [1.29, 1.82) is 0 Å². The number of carbonyl (C=O) groups is 2. The number of aromatic nitrogens is 1. The van der Waals surface area contributed by atoms with Gasteiger partial charge in [0.15, 0.2) is 0 Å². The Hall–Kier alpha value is -2.41. The van der Waals surface area contributed by atoms with E-state index >= 15 is 0 Å². The van der Waals surface area contributed by atoms with Crippen LogP contribution in [0, 0.1) is 0 Å². The molecule has 2 heterocycles. The number of hydrogen-bond acceptors (Lipinski definition) is 5. The second-order valence-electron chi connectivity index (χ2n) is 5.36. The number of hydrogen-bond donors (Lipinski definition) is 1. The van der Waals surface area contributed by atoms with Gasteiger partial charge in [0.05, 0.1) is 12.8 Å². The highest BCUT2D eigenvalue weighted by Gasteiger charge is 2.32. The summed E-state index contributed by atoms with van der Waals surface area (Å²) in [7, 11) is 1.57. The molecule has 126 valence electrons. The fraction of sp³-hybridized carbons (Fsp3) is 0.294. The SMILES string of the molecule is COc1ccc(C(=O)c2c(SC)cc3n2CCC3OC(=O)O)cc1. The van der Waals surface area contributed by atoms with E-state index in [-0.39, 0.29) is 5.78 Å². The van der Waals surface area contributed by atoms with Crippen molar-refractivity contribution in [2.75, 3.05) is 13.4 Å². The molecule has 0 radical (unpaired) electrons. The Morgan fingerprint density at radius 1 is 1.29 bits per heavy atom. The van der Waals surface area contributed by atoms with Crippen molar-refractivity contribution < 1.29 is 24.2 Å². The number of carboxylic acid groups (broad SMARTS) is 1. The third kappa shape index (κ3) is 2.87. The minimum Gasteiger partial charge on any atom is -0.497 e. The van der Waals surface area contributed by atoms with Crippen LogP contribution in [0.2, 0.25) is 0 Å². The Morgan fingerprint density at radius 3 is 2.58 bits per heavy atom. The Kier molecular flexibility index (Phi) is 4.53. The van der Waals surface area contributed by atoms with Crippen LogP contribution < -0.4 is 4.74 Å². The molecule has 0 spiro atoms. The molecule has 2 aromatic rings. The zero-order valence-corrected chi connectivity index (χ0v) is 14.1. The highest BCUT2D eigenvalue weighted by atomic mass is 32.2. The van der Waals surface area contributed by atoms with Gasteiger partial charge in [-0.1, -0.05) is 0 Å². The van der Waals surface area contributed by atoms with Crippen LogP contribution in [0.25, 0.3) is 0 Å². The largest absolute Gasteiger partial charge is 0.506 e. The van der Waals surface area contributed by atoms with Gasteiger partial charge in [-0.05, 0) is 36.6 Å². The van der Waals surface area contributed by atoms with Gasteiger partial charge in [0, 0.05) is 23.4 Å². The lowest BCUT2D eigenvalue weighted by Crippen LogP contribution is -2.10. The molecule has 1 N–H and O–H groups in total. The summed E-state index contributed by atoms with van der Waals surface area (Å²) in [5, 5.41) is 8.85. The van der Waals surface area contributed by atoms with Crippen molar-refractivity contribution in [3.05, 3.63) is 47.3 Å². The maximum Gasteiger partial charge on any atom is 0.506 e. The summed E-state index contributed by atoms with van der Waals surface area (Å²) in [4.78, 5) is 24.6. The van der Waals surface area contributed by atoms with Gasteiger partial charge in [-0.15, -0.1) is 11.8 Å². The van der Waals surface area contributed by atoms with Gasteiger partial charge >= 0.3 is 6.16 Å². The van der Waals surface area contributed by atoms with Crippen molar-refractivity contribution in [2.24, 2.45) is 0 Å². The molecule has 1 aliphatic heterocycles. The molecule has 0 bridgehead atoms. The molecule has 1 aromatic heterocycles. The lowest BCUT2D eigenvalue weighted by Gasteiger charge is -2.08. The number of rotatable bonds is 5. The van der Waals surface area contributed by atoms with Gasteiger partial charge in [-0.3, -0.25) is 4.79 Å². The third-order valence-corrected chi connectivity index (χ3v) is 4.82. The monoisotopic (exact) mass is 347 g/mol. The van der Waals surface area contributed by atoms with E-state index in [4.69, 9.17) is 14.6 Å². The molecule has 1 aliphatic rings. The predicted octanol–water partition coefficient (Wildman–Crippen LogP) is 3.59. The van der Waals surface area contributed by atoms with E-state index in [0.717, 1.165) is 10.6 Å². The lowest BCUT2D eigenvalue weighted by atomic mass is 10.1. The highest BCUT2D eigenvalue weighted by Crippen LogP contribution is 2.37. The Bertz CT molecular complexity index is 781. The van der Waals surface area contributed by atoms with Crippen molar-refractivity contribution >= 4 is 23.7 Å². The Labute approximate surface area is 143 Å². The molecule has 1 aromatic carbocycles. The molecule has 24 heavy (non-hydrogen) atoms. The summed E-state index contributed by atoms with van der Waals surface area (Å²) in [5.74, 6) is 0.594. The van der Waals surface area contributed by atoms with E-state index < -0.39 is 12.3 Å². The highest BCUT2D eigenvalue weighted by molar-refractivity contribution is 7.98. The van der Waals surface area contributed by atoms with Crippen LogP contribution in [0.4, 0.5) is 4.79 Å². The molecular weight excluding hydrogens is 330 g/mol. The van der Waals surface area contributed by atoms with E-state index in [2.05, 4.69) is 0 Å². The predicted molar refractivity (Wildman–Crippen MR) is 89.1 cm³/mol. The Morgan fingerprint density at radius 2 is 2.00 bits per heavy atom. The molecule has 0 amide bonds. The first-order chi connectivity index (χ1) is 11.5. The molecule has 6 nitrogen and oxygen atoms in total. The van der Waals surface area contributed by atoms with Crippen LogP contribution in [0.15, 0.2) is 35.2 Å². The fourth-order valence-corrected chi connectivity index (χ4v) is 3.59. The first-order valence-corrected chi connectivity index (χ1v) is 8.63. The molecular formula is C17H17NO5S. The number of methoxy groups -OCH3 is 1. The van der Waals surface area contributed by atoms with Crippen LogP contribution in [0.3, 0.4) is 0 Å². The maximum absolute atomic E-state index is 12.9. The first kappa shape index (κ1) is 16.4. The van der Waals surface area contributed by atoms with E-state index in [1.54, 1.807) is 31.4 Å². The minimum absolute atomic E-state index is 0.0933. The summed E-state index contributed by atoms with van der Waals surface area (Å²) < 4.78 is 11.9. The molecule has 0 saturated heterocycles. The first-order valence-electron chi connectivity index (χ1n) is 7.41. The molecule has 1 atom stereocenters. The summed E-state index contributed by atoms with van der Waals surface area (Å²) in [5.41, 5.74) is 1.88. The van der Waals surface area contributed by atoms with Crippen LogP contribution in [-0.2, 0) is 11.3 Å². The van der Waals surface area contributed by atoms with Crippen molar-refractivity contribution in [3.8, 4) is 5.75 Å². The number of carbonyl (C=O) groups excluding carboxylic acids is 1. The van der Waals surface area contributed by atoms with Crippen LogP contribution in [0.1, 0.15) is 34.3 Å². The Balaban J connectivity index is 1.98. The normalized spacial score (nSPS) is 15.8. The number of fused-ring (bicyclic) bond motifs is 1. The third-order valence-electron chi connectivity index (χ3n) is 4.07. The molecule has 0 saturated carbocycles. The number of nitrogens with zero attached hydrogens (tertiary/aromatic N) is 1. The molecule has 3 rings (SSSR count). The molecule has 0 aliphatic carbocycles.